The maximum Gasteiger partial charge on any atom is 0.220 e. The number of amides is 1. The lowest BCUT2D eigenvalue weighted by atomic mass is 9.86. The van der Waals surface area contributed by atoms with E-state index >= 15 is 0 Å². The molecule has 0 aliphatic heterocycles. The van der Waals surface area contributed by atoms with Crippen LogP contribution in [-0.2, 0) is 10.4 Å². The molecule has 1 aromatic rings. The first kappa shape index (κ1) is 15.5. The lowest BCUT2D eigenvalue weighted by molar-refractivity contribution is -0.123. The van der Waals surface area contributed by atoms with Crippen LogP contribution in [0.15, 0.2) is 30.3 Å². The van der Waals surface area contributed by atoms with Crippen molar-refractivity contribution in [3.63, 3.8) is 0 Å². The topological polar surface area (TPSA) is 49.3 Å². The summed E-state index contributed by atoms with van der Waals surface area (Å²) < 4.78 is 0. The maximum absolute atomic E-state index is 12.2. The normalized spacial score (nSPS) is 22.0. The lowest BCUT2D eigenvalue weighted by Gasteiger charge is -2.29. The molecule has 2 saturated carbocycles. The first-order chi connectivity index (χ1) is 10.7. The fraction of sp³-hybridized carbons (Fsp3) is 0.632. The van der Waals surface area contributed by atoms with Crippen LogP contribution in [0.3, 0.4) is 0 Å². The first-order valence-corrected chi connectivity index (χ1v) is 8.73. The van der Waals surface area contributed by atoms with E-state index < -0.39 is 5.60 Å². The minimum Gasteiger partial charge on any atom is -0.383 e. The van der Waals surface area contributed by atoms with Crippen molar-refractivity contribution < 1.29 is 9.90 Å². The molecule has 1 aromatic carbocycles. The van der Waals surface area contributed by atoms with Crippen molar-refractivity contribution in [1.82, 2.24) is 5.32 Å². The SMILES string of the molecule is O=C(CC1CCCCC1)NCC(O)(c1ccccc1)C1CC1. The van der Waals surface area contributed by atoms with Gasteiger partial charge in [0.1, 0.15) is 5.60 Å². The van der Waals surface area contributed by atoms with Crippen LogP contribution >= 0.6 is 0 Å². The Bertz CT molecular complexity index is 491. The Hall–Kier alpha value is -1.35. The van der Waals surface area contributed by atoms with Crippen LogP contribution in [0.1, 0.15) is 56.9 Å². The van der Waals surface area contributed by atoms with E-state index in [2.05, 4.69) is 5.32 Å². The van der Waals surface area contributed by atoms with E-state index in [1.165, 1.54) is 32.1 Å². The van der Waals surface area contributed by atoms with E-state index in [0.717, 1.165) is 18.4 Å². The number of hydrogen-bond donors (Lipinski definition) is 2. The van der Waals surface area contributed by atoms with Gasteiger partial charge < -0.3 is 10.4 Å². The van der Waals surface area contributed by atoms with Gasteiger partial charge >= 0.3 is 0 Å². The molecule has 0 spiro atoms. The van der Waals surface area contributed by atoms with E-state index in [1.54, 1.807) is 0 Å². The maximum atomic E-state index is 12.2. The molecule has 2 N–H and O–H groups in total. The number of benzene rings is 1. The third kappa shape index (κ3) is 3.70. The van der Waals surface area contributed by atoms with Gasteiger partial charge in [-0.25, -0.2) is 0 Å². The molecule has 120 valence electrons. The highest BCUT2D eigenvalue weighted by Gasteiger charge is 2.45. The van der Waals surface area contributed by atoms with Crippen LogP contribution in [0.4, 0.5) is 0 Å². The average Bonchev–Trinajstić information content (AvgIpc) is 3.40. The summed E-state index contributed by atoms with van der Waals surface area (Å²) in [6.45, 7) is 0.341. The Morgan fingerprint density at radius 2 is 1.77 bits per heavy atom. The molecular formula is C19H27NO2. The molecule has 3 rings (SSSR count). The molecule has 3 heteroatoms. The molecule has 3 nitrogen and oxygen atoms in total. The summed E-state index contributed by atoms with van der Waals surface area (Å²) in [5.74, 6) is 0.922. The summed E-state index contributed by atoms with van der Waals surface area (Å²) in [7, 11) is 0. The summed E-state index contributed by atoms with van der Waals surface area (Å²) in [6.07, 6.45) is 8.90. The molecule has 0 bridgehead atoms. The lowest BCUT2D eigenvalue weighted by Crippen LogP contribution is -2.42. The molecule has 22 heavy (non-hydrogen) atoms. The van der Waals surface area contributed by atoms with E-state index in [9.17, 15) is 9.90 Å². The average molecular weight is 301 g/mol. The second kappa shape index (κ2) is 6.82. The van der Waals surface area contributed by atoms with Crippen LogP contribution in [0.5, 0.6) is 0 Å². The van der Waals surface area contributed by atoms with Gasteiger partial charge in [0.25, 0.3) is 0 Å². The highest BCUT2D eigenvalue weighted by atomic mass is 16.3. The van der Waals surface area contributed by atoms with Crippen molar-refractivity contribution in [2.75, 3.05) is 6.54 Å². The number of carbonyl (C=O) groups is 1. The highest BCUT2D eigenvalue weighted by Crippen LogP contribution is 2.45. The monoisotopic (exact) mass is 301 g/mol. The first-order valence-electron chi connectivity index (χ1n) is 8.73. The van der Waals surface area contributed by atoms with Crippen molar-refractivity contribution in [3.05, 3.63) is 35.9 Å². The highest BCUT2D eigenvalue weighted by molar-refractivity contribution is 5.76. The van der Waals surface area contributed by atoms with Gasteiger partial charge in [0.05, 0.1) is 6.54 Å². The Morgan fingerprint density at radius 3 is 2.41 bits per heavy atom. The van der Waals surface area contributed by atoms with Crippen molar-refractivity contribution >= 4 is 5.91 Å². The minimum absolute atomic E-state index is 0.0990. The second-order valence-corrected chi connectivity index (χ2v) is 7.05. The second-order valence-electron chi connectivity index (χ2n) is 7.05. The van der Waals surface area contributed by atoms with E-state index in [1.807, 2.05) is 30.3 Å². The molecule has 2 aliphatic rings. The molecule has 2 aliphatic carbocycles. The van der Waals surface area contributed by atoms with Gasteiger partial charge in [0, 0.05) is 6.42 Å². The standard InChI is InChI=1S/C19H27NO2/c21-18(13-15-7-3-1-4-8-15)20-14-19(22,17-11-12-17)16-9-5-2-6-10-16/h2,5-6,9-10,15,17,22H,1,3-4,7-8,11-14H2,(H,20,21). The Balaban J connectivity index is 1.56. The Labute approximate surface area is 133 Å². The zero-order valence-corrected chi connectivity index (χ0v) is 13.3. The van der Waals surface area contributed by atoms with Crippen LogP contribution in [-0.4, -0.2) is 17.6 Å². The summed E-state index contributed by atoms with van der Waals surface area (Å²) in [5.41, 5.74) is 0.0270. The summed E-state index contributed by atoms with van der Waals surface area (Å²) in [4.78, 5) is 12.2. The van der Waals surface area contributed by atoms with Gasteiger partial charge in [-0.15, -0.1) is 0 Å². The zero-order chi connectivity index (χ0) is 15.4. The van der Waals surface area contributed by atoms with Gasteiger partial charge in [-0.3, -0.25) is 4.79 Å². The predicted molar refractivity (Wildman–Crippen MR) is 87.3 cm³/mol. The van der Waals surface area contributed by atoms with Crippen molar-refractivity contribution in [3.8, 4) is 0 Å². The summed E-state index contributed by atoms with van der Waals surface area (Å²) >= 11 is 0. The van der Waals surface area contributed by atoms with Crippen molar-refractivity contribution in [2.24, 2.45) is 11.8 Å². The third-order valence-corrected chi connectivity index (χ3v) is 5.28. The Morgan fingerprint density at radius 1 is 1.09 bits per heavy atom. The van der Waals surface area contributed by atoms with Crippen LogP contribution in [0, 0.1) is 11.8 Å². The summed E-state index contributed by atoms with van der Waals surface area (Å²) in [6, 6.07) is 9.79. The molecular weight excluding hydrogens is 274 g/mol. The van der Waals surface area contributed by atoms with Crippen molar-refractivity contribution in [2.45, 2.75) is 57.0 Å². The molecule has 0 saturated heterocycles. The van der Waals surface area contributed by atoms with Crippen molar-refractivity contribution in [1.29, 1.82) is 0 Å². The van der Waals surface area contributed by atoms with Gasteiger partial charge in [-0.05, 0) is 43.1 Å². The molecule has 0 aromatic heterocycles. The zero-order valence-electron chi connectivity index (χ0n) is 13.3. The molecule has 1 amide bonds. The van der Waals surface area contributed by atoms with Crippen LogP contribution in [0.2, 0.25) is 0 Å². The van der Waals surface area contributed by atoms with E-state index in [-0.39, 0.29) is 11.8 Å². The number of nitrogens with one attached hydrogen (secondary N) is 1. The van der Waals surface area contributed by atoms with Crippen LogP contribution in [0.25, 0.3) is 0 Å². The fourth-order valence-electron chi connectivity index (χ4n) is 3.73. The molecule has 2 fully saturated rings. The number of hydrogen-bond acceptors (Lipinski definition) is 2. The molecule has 0 radical (unpaired) electrons. The molecule has 0 heterocycles. The quantitative estimate of drug-likeness (QED) is 0.846. The fourth-order valence-corrected chi connectivity index (χ4v) is 3.73. The third-order valence-electron chi connectivity index (χ3n) is 5.28. The van der Waals surface area contributed by atoms with E-state index in [0.29, 0.717) is 18.9 Å². The minimum atomic E-state index is -0.899. The number of rotatable bonds is 6. The Kier molecular flexibility index (Phi) is 4.82. The van der Waals surface area contributed by atoms with Crippen LogP contribution < -0.4 is 5.32 Å². The predicted octanol–water partition coefficient (Wildman–Crippen LogP) is 3.37. The molecule has 1 atom stereocenters. The van der Waals surface area contributed by atoms with Gasteiger partial charge in [0.15, 0.2) is 0 Å². The molecule has 1 unspecified atom stereocenters. The summed E-state index contributed by atoms with van der Waals surface area (Å²) in [5, 5.41) is 14.1. The van der Waals surface area contributed by atoms with Gasteiger partial charge in [-0.2, -0.15) is 0 Å². The van der Waals surface area contributed by atoms with Gasteiger partial charge in [-0.1, -0.05) is 49.6 Å². The number of carbonyl (C=O) groups excluding carboxylic acids is 1. The van der Waals surface area contributed by atoms with Gasteiger partial charge in [0.2, 0.25) is 5.91 Å². The van der Waals surface area contributed by atoms with E-state index in [4.69, 9.17) is 0 Å². The largest absolute Gasteiger partial charge is 0.383 e. The number of aliphatic hydroxyl groups is 1. The smallest absolute Gasteiger partial charge is 0.220 e.